The Morgan fingerprint density at radius 1 is 0.867 bits per heavy atom. The van der Waals surface area contributed by atoms with Crippen LogP contribution in [-0.2, 0) is 25.3 Å². The molecular formula is C19H22F3N3O5. The largest absolute Gasteiger partial charge is 0.483 e. The minimum atomic E-state index is -4.58. The zero-order valence-electron chi connectivity index (χ0n) is 16.2. The fourth-order valence-corrected chi connectivity index (χ4v) is 3.25. The van der Waals surface area contributed by atoms with E-state index in [1.165, 1.54) is 26.8 Å². The molecule has 0 bridgehead atoms. The van der Waals surface area contributed by atoms with Gasteiger partial charge in [-0.05, 0) is 12.1 Å². The maximum Gasteiger partial charge on any atom is 0.419 e. The molecule has 0 aromatic heterocycles. The van der Waals surface area contributed by atoms with E-state index < -0.39 is 41.8 Å². The molecule has 0 N–H and O–H groups in total. The summed E-state index contributed by atoms with van der Waals surface area (Å²) in [5, 5.41) is 0. The summed E-state index contributed by atoms with van der Waals surface area (Å²) in [6, 6.07) is 4.68. The van der Waals surface area contributed by atoms with Crippen molar-refractivity contribution in [2.45, 2.75) is 6.18 Å². The molecule has 2 aliphatic heterocycles. The topological polar surface area (TPSA) is 79.4 Å². The first kappa shape index (κ1) is 21.9. The normalized spacial score (nSPS) is 17.6. The number of piperazine rings is 1. The lowest BCUT2D eigenvalue weighted by Crippen LogP contribution is -2.56. The summed E-state index contributed by atoms with van der Waals surface area (Å²) in [5.41, 5.74) is -0.949. The number of carbonyl (C=O) groups is 3. The van der Waals surface area contributed by atoms with Gasteiger partial charge in [0.05, 0.1) is 18.8 Å². The Labute approximate surface area is 171 Å². The molecule has 2 saturated heterocycles. The molecule has 0 radical (unpaired) electrons. The summed E-state index contributed by atoms with van der Waals surface area (Å²) >= 11 is 0. The molecule has 3 rings (SSSR count). The molecule has 30 heavy (non-hydrogen) atoms. The van der Waals surface area contributed by atoms with E-state index >= 15 is 0 Å². The van der Waals surface area contributed by atoms with E-state index in [-0.39, 0.29) is 26.2 Å². The Kier molecular flexibility index (Phi) is 6.80. The number of halogens is 3. The highest BCUT2D eigenvalue weighted by atomic mass is 19.4. The molecule has 3 amide bonds. The van der Waals surface area contributed by atoms with Gasteiger partial charge < -0.3 is 24.2 Å². The van der Waals surface area contributed by atoms with Crippen molar-refractivity contribution in [1.82, 2.24) is 14.7 Å². The van der Waals surface area contributed by atoms with E-state index in [1.54, 1.807) is 0 Å². The first-order chi connectivity index (χ1) is 14.3. The maximum atomic E-state index is 13.0. The smallest absolute Gasteiger partial charge is 0.419 e. The van der Waals surface area contributed by atoms with Gasteiger partial charge in [0.15, 0.2) is 6.61 Å². The van der Waals surface area contributed by atoms with Crippen molar-refractivity contribution < 1.29 is 37.0 Å². The summed E-state index contributed by atoms with van der Waals surface area (Å²) in [7, 11) is 0. The quantitative estimate of drug-likeness (QED) is 0.658. The summed E-state index contributed by atoms with van der Waals surface area (Å²) < 4.78 is 49.3. The summed E-state index contributed by atoms with van der Waals surface area (Å²) in [5.74, 6) is -2.12. The van der Waals surface area contributed by atoms with Crippen LogP contribution in [0, 0.1) is 0 Å². The third-order valence-electron chi connectivity index (χ3n) is 4.94. The van der Waals surface area contributed by atoms with Crippen LogP contribution >= 0.6 is 0 Å². The molecule has 0 unspecified atom stereocenters. The Morgan fingerprint density at radius 2 is 1.40 bits per heavy atom. The minimum absolute atomic E-state index is 0.166. The lowest BCUT2D eigenvalue weighted by molar-refractivity contribution is -0.155. The number of amides is 3. The van der Waals surface area contributed by atoms with Gasteiger partial charge in [-0.25, -0.2) is 0 Å². The van der Waals surface area contributed by atoms with Crippen LogP contribution in [0.2, 0.25) is 0 Å². The second-order valence-electron chi connectivity index (χ2n) is 6.86. The number of nitrogens with zero attached hydrogens (tertiary/aromatic N) is 3. The highest BCUT2D eigenvalue weighted by Crippen LogP contribution is 2.35. The molecule has 0 spiro atoms. The Balaban J connectivity index is 1.49. The van der Waals surface area contributed by atoms with Gasteiger partial charge in [0.2, 0.25) is 0 Å². The third-order valence-corrected chi connectivity index (χ3v) is 4.94. The Morgan fingerprint density at radius 3 is 2.00 bits per heavy atom. The molecule has 164 valence electrons. The molecule has 0 aliphatic carbocycles. The minimum Gasteiger partial charge on any atom is -0.483 e. The van der Waals surface area contributed by atoms with Gasteiger partial charge in [-0.3, -0.25) is 14.4 Å². The molecule has 0 atom stereocenters. The number of carbonyl (C=O) groups excluding carboxylic acids is 3. The van der Waals surface area contributed by atoms with Crippen molar-refractivity contribution in [2.24, 2.45) is 0 Å². The monoisotopic (exact) mass is 429 g/mol. The van der Waals surface area contributed by atoms with Gasteiger partial charge in [0.1, 0.15) is 5.75 Å². The summed E-state index contributed by atoms with van der Waals surface area (Å²) in [4.78, 5) is 41.2. The second-order valence-corrected chi connectivity index (χ2v) is 6.86. The van der Waals surface area contributed by atoms with Crippen LogP contribution in [0.3, 0.4) is 0 Å². The van der Waals surface area contributed by atoms with Gasteiger partial charge in [0.25, 0.3) is 5.91 Å². The average molecular weight is 429 g/mol. The number of hydrogen-bond donors (Lipinski definition) is 0. The van der Waals surface area contributed by atoms with E-state index in [1.807, 2.05) is 0 Å². The molecule has 11 heteroatoms. The molecular weight excluding hydrogens is 407 g/mol. The number of ether oxygens (including phenoxy) is 2. The van der Waals surface area contributed by atoms with Gasteiger partial charge in [-0.15, -0.1) is 0 Å². The highest BCUT2D eigenvalue weighted by Gasteiger charge is 2.35. The van der Waals surface area contributed by atoms with E-state index in [0.717, 1.165) is 12.1 Å². The maximum absolute atomic E-state index is 13.0. The van der Waals surface area contributed by atoms with E-state index in [9.17, 15) is 27.6 Å². The van der Waals surface area contributed by atoms with Gasteiger partial charge in [-0.2, -0.15) is 13.2 Å². The Hall–Kier alpha value is -2.82. The third kappa shape index (κ3) is 5.21. The standard InChI is InChI=1S/C19H22F3N3O5/c20-19(21,22)14-3-1-2-4-15(14)30-13-16(26)23-5-7-24(8-6-23)17(27)18(28)25-9-11-29-12-10-25/h1-4H,5-13H2. The van der Waals surface area contributed by atoms with Gasteiger partial charge >= 0.3 is 18.0 Å². The van der Waals surface area contributed by atoms with Gasteiger partial charge in [-0.1, -0.05) is 12.1 Å². The molecule has 8 nitrogen and oxygen atoms in total. The zero-order chi connectivity index (χ0) is 21.7. The van der Waals surface area contributed by atoms with E-state index in [0.29, 0.717) is 26.3 Å². The highest BCUT2D eigenvalue weighted by molar-refractivity contribution is 6.34. The van der Waals surface area contributed by atoms with E-state index in [2.05, 4.69) is 0 Å². The van der Waals surface area contributed by atoms with Crippen molar-refractivity contribution in [1.29, 1.82) is 0 Å². The molecule has 1 aromatic rings. The first-order valence-electron chi connectivity index (χ1n) is 9.50. The van der Waals surface area contributed by atoms with Crippen LogP contribution in [0.15, 0.2) is 24.3 Å². The second kappa shape index (κ2) is 9.33. The van der Waals surface area contributed by atoms with Crippen molar-refractivity contribution in [2.75, 3.05) is 59.1 Å². The van der Waals surface area contributed by atoms with Crippen LogP contribution in [-0.4, -0.2) is 91.5 Å². The fraction of sp³-hybridized carbons (Fsp3) is 0.526. The lowest BCUT2D eigenvalue weighted by atomic mass is 10.2. The predicted octanol–water partition coefficient (Wildman–Crippen LogP) is 0.614. The van der Waals surface area contributed by atoms with Gasteiger partial charge in [0, 0.05) is 39.3 Å². The number of hydrogen-bond acceptors (Lipinski definition) is 5. The number of morpholine rings is 1. The average Bonchev–Trinajstić information content (AvgIpc) is 2.76. The number of benzene rings is 1. The SMILES string of the molecule is O=C(COc1ccccc1C(F)(F)F)N1CCN(C(=O)C(=O)N2CCOCC2)CC1. The lowest BCUT2D eigenvalue weighted by Gasteiger charge is -2.35. The molecule has 1 aromatic carbocycles. The summed E-state index contributed by atoms with van der Waals surface area (Å²) in [6.45, 7) is 1.63. The van der Waals surface area contributed by atoms with Crippen molar-refractivity contribution in [3.63, 3.8) is 0 Å². The number of alkyl halides is 3. The van der Waals surface area contributed by atoms with Crippen LogP contribution in [0.25, 0.3) is 0 Å². The molecule has 0 saturated carbocycles. The van der Waals surface area contributed by atoms with E-state index in [4.69, 9.17) is 9.47 Å². The molecule has 2 aliphatic rings. The predicted molar refractivity (Wildman–Crippen MR) is 97.5 cm³/mol. The fourth-order valence-electron chi connectivity index (χ4n) is 3.25. The summed E-state index contributed by atoms with van der Waals surface area (Å²) in [6.07, 6.45) is -4.58. The number of para-hydroxylation sites is 1. The van der Waals surface area contributed by atoms with Crippen LogP contribution in [0.5, 0.6) is 5.75 Å². The van der Waals surface area contributed by atoms with Crippen LogP contribution in [0.1, 0.15) is 5.56 Å². The van der Waals surface area contributed by atoms with Crippen LogP contribution < -0.4 is 4.74 Å². The number of rotatable bonds is 3. The van der Waals surface area contributed by atoms with Crippen molar-refractivity contribution in [3.8, 4) is 5.75 Å². The zero-order valence-corrected chi connectivity index (χ0v) is 16.2. The first-order valence-corrected chi connectivity index (χ1v) is 9.50. The van der Waals surface area contributed by atoms with Crippen LogP contribution in [0.4, 0.5) is 13.2 Å². The molecule has 2 heterocycles. The van der Waals surface area contributed by atoms with Crippen molar-refractivity contribution in [3.05, 3.63) is 29.8 Å². The Bertz CT molecular complexity index is 788. The van der Waals surface area contributed by atoms with Crippen molar-refractivity contribution >= 4 is 17.7 Å². The molecule has 2 fully saturated rings.